The number of ether oxygens (including phenoxy) is 1. The van der Waals surface area contributed by atoms with Crippen LogP contribution in [0.15, 0.2) is 22.7 Å². The lowest BCUT2D eigenvalue weighted by atomic mass is 10.1. The third kappa shape index (κ3) is 6.21. The molecule has 0 bridgehead atoms. The molecular formula is C15H22BrNO2. The van der Waals surface area contributed by atoms with Crippen LogP contribution in [0, 0.1) is 12.8 Å². The summed E-state index contributed by atoms with van der Waals surface area (Å²) in [5.74, 6) is 0.528. The summed E-state index contributed by atoms with van der Waals surface area (Å²) >= 11 is 3.42. The zero-order valence-electron chi connectivity index (χ0n) is 11.8. The minimum absolute atomic E-state index is 0.0283. The summed E-state index contributed by atoms with van der Waals surface area (Å²) in [7, 11) is 0. The molecule has 1 amide bonds. The molecule has 106 valence electrons. The maximum Gasteiger partial charge on any atom is 0.251 e. The summed E-state index contributed by atoms with van der Waals surface area (Å²) in [5, 5.41) is 2.90. The molecule has 0 heterocycles. The highest BCUT2D eigenvalue weighted by atomic mass is 79.9. The number of benzene rings is 1. The highest BCUT2D eigenvalue weighted by Gasteiger charge is 2.06. The van der Waals surface area contributed by atoms with Crippen molar-refractivity contribution in [3.05, 3.63) is 33.8 Å². The van der Waals surface area contributed by atoms with E-state index in [1.807, 2.05) is 25.1 Å². The van der Waals surface area contributed by atoms with Crippen LogP contribution in [0.3, 0.4) is 0 Å². The van der Waals surface area contributed by atoms with E-state index in [0.29, 0.717) is 24.6 Å². The average molecular weight is 328 g/mol. The van der Waals surface area contributed by atoms with Gasteiger partial charge in [-0.05, 0) is 43.0 Å². The highest BCUT2D eigenvalue weighted by Crippen LogP contribution is 2.16. The van der Waals surface area contributed by atoms with E-state index in [2.05, 4.69) is 35.1 Å². The van der Waals surface area contributed by atoms with E-state index in [1.165, 1.54) is 0 Å². The van der Waals surface area contributed by atoms with Crippen LogP contribution in [0.4, 0.5) is 0 Å². The molecule has 0 aliphatic heterocycles. The van der Waals surface area contributed by atoms with Crippen LogP contribution in [-0.2, 0) is 4.74 Å². The second-order valence-corrected chi connectivity index (χ2v) is 5.90. The minimum Gasteiger partial charge on any atom is -0.381 e. The van der Waals surface area contributed by atoms with Crippen LogP contribution in [-0.4, -0.2) is 25.7 Å². The van der Waals surface area contributed by atoms with Crippen molar-refractivity contribution in [1.82, 2.24) is 5.32 Å². The molecule has 0 aromatic heterocycles. The van der Waals surface area contributed by atoms with E-state index in [1.54, 1.807) is 0 Å². The first-order valence-electron chi connectivity index (χ1n) is 6.62. The molecule has 4 heteroatoms. The van der Waals surface area contributed by atoms with Crippen LogP contribution in [0.2, 0.25) is 0 Å². The smallest absolute Gasteiger partial charge is 0.251 e. The lowest BCUT2D eigenvalue weighted by molar-refractivity contribution is 0.0925. The molecule has 0 atom stereocenters. The van der Waals surface area contributed by atoms with Crippen LogP contribution >= 0.6 is 15.9 Å². The molecule has 1 aromatic rings. The summed E-state index contributed by atoms with van der Waals surface area (Å²) in [4.78, 5) is 11.9. The van der Waals surface area contributed by atoms with Gasteiger partial charge in [-0.1, -0.05) is 29.8 Å². The fourth-order valence-electron chi connectivity index (χ4n) is 1.58. The van der Waals surface area contributed by atoms with E-state index in [0.717, 1.165) is 23.1 Å². The van der Waals surface area contributed by atoms with Crippen LogP contribution in [0.5, 0.6) is 0 Å². The largest absolute Gasteiger partial charge is 0.381 e. The first kappa shape index (κ1) is 16.2. The maximum atomic E-state index is 11.9. The molecule has 1 aromatic carbocycles. The van der Waals surface area contributed by atoms with E-state index in [-0.39, 0.29) is 5.91 Å². The second kappa shape index (κ2) is 8.33. The fourth-order valence-corrected chi connectivity index (χ4v) is 1.83. The van der Waals surface area contributed by atoms with Gasteiger partial charge in [-0.3, -0.25) is 4.79 Å². The summed E-state index contributed by atoms with van der Waals surface area (Å²) in [6.45, 7) is 8.33. The molecule has 0 saturated carbocycles. The van der Waals surface area contributed by atoms with Crippen molar-refractivity contribution in [2.24, 2.45) is 5.92 Å². The molecule has 3 nitrogen and oxygen atoms in total. The number of carbonyl (C=O) groups excluding carboxylic acids is 1. The molecule has 0 aliphatic carbocycles. The molecule has 19 heavy (non-hydrogen) atoms. The van der Waals surface area contributed by atoms with Crippen molar-refractivity contribution < 1.29 is 9.53 Å². The lowest BCUT2D eigenvalue weighted by Gasteiger charge is -2.08. The number of carbonyl (C=O) groups is 1. The Bertz CT molecular complexity index is 419. The summed E-state index contributed by atoms with van der Waals surface area (Å²) in [6.07, 6.45) is 0.841. The molecule has 0 fully saturated rings. The number of rotatable bonds is 7. The summed E-state index contributed by atoms with van der Waals surface area (Å²) in [6, 6.07) is 5.60. The Morgan fingerprint density at radius 1 is 1.42 bits per heavy atom. The normalized spacial score (nSPS) is 10.8. The van der Waals surface area contributed by atoms with Crippen molar-refractivity contribution in [2.45, 2.75) is 27.2 Å². The van der Waals surface area contributed by atoms with Gasteiger partial charge in [-0.15, -0.1) is 0 Å². The van der Waals surface area contributed by atoms with Crippen molar-refractivity contribution in [3.8, 4) is 0 Å². The quantitative estimate of drug-likeness (QED) is 0.778. The van der Waals surface area contributed by atoms with E-state index in [9.17, 15) is 4.79 Å². The Morgan fingerprint density at radius 2 is 2.16 bits per heavy atom. The van der Waals surface area contributed by atoms with Gasteiger partial charge >= 0.3 is 0 Å². The van der Waals surface area contributed by atoms with Gasteiger partial charge in [0.1, 0.15) is 0 Å². The summed E-state index contributed by atoms with van der Waals surface area (Å²) in [5.41, 5.74) is 1.76. The maximum absolute atomic E-state index is 11.9. The third-order valence-electron chi connectivity index (χ3n) is 2.62. The Balaban J connectivity index is 2.26. The number of nitrogens with one attached hydrogen (secondary N) is 1. The molecule has 0 aliphatic rings. The average Bonchev–Trinajstić information content (AvgIpc) is 2.36. The predicted molar refractivity (Wildman–Crippen MR) is 81.5 cm³/mol. The van der Waals surface area contributed by atoms with E-state index < -0.39 is 0 Å². The Kier molecular flexibility index (Phi) is 7.10. The number of halogens is 1. The van der Waals surface area contributed by atoms with Crippen molar-refractivity contribution >= 4 is 21.8 Å². The second-order valence-electron chi connectivity index (χ2n) is 5.04. The molecule has 0 radical (unpaired) electrons. The SMILES string of the molecule is Cc1cc(C(=O)NCCCOCC(C)C)ccc1Br. The number of aryl methyl sites for hydroxylation is 1. The zero-order chi connectivity index (χ0) is 14.3. The van der Waals surface area contributed by atoms with Crippen molar-refractivity contribution in [1.29, 1.82) is 0 Å². The van der Waals surface area contributed by atoms with Crippen LogP contribution in [0.25, 0.3) is 0 Å². The predicted octanol–water partition coefficient (Wildman–Crippen LogP) is 3.55. The van der Waals surface area contributed by atoms with Crippen molar-refractivity contribution in [3.63, 3.8) is 0 Å². The van der Waals surface area contributed by atoms with Gasteiger partial charge in [0.25, 0.3) is 5.91 Å². The van der Waals surface area contributed by atoms with Gasteiger partial charge in [-0.25, -0.2) is 0 Å². The Hall–Kier alpha value is -0.870. The zero-order valence-corrected chi connectivity index (χ0v) is 13.4. The number of amides is 1. The number of hydrogen-bond donors (Lipinski definition) is 1. The summed E-state index contributed by atoms with van der Waals surface area (Å²) < 4.78 is 6.48. The standard InChI is InChI=1S/C15H22BrNO2/c1-11(2)10-19-8-4-7-17-15(18)13-5-6-14(16)12(3)9-13/h5-6,9,11H,4,7-8,10H2,1-3H3,(H,17,18). The third-order valence-corrected chi connectivity index (χ3v) is 3.51. The van der Waals surface area contributed by atoms with Gasteiger partial charge in [-0.2, -0.15) is 0 Å². The topological polar surface area (TPSA) is 38.3 Å². The molecule has 1 N–H and O–H groups in total. The Morgan fingerprint density at radius 3 is 2.79 bits per heavy atom. The molecule has 0 spiro atoms. The molecule has 0 saturated heterocycles. The van der Waals surface area contributed by atoms with Crippen LogP contribution in [0.1, 0.15) is 36.2 Å². The first-order valence-corrected chi connectivity index (χ1v) is 7.42. The monoisotopic (exact) mass is 327 g/mol. The minimum atomic E-state index is -0.0283. The molecule has 1 rings (SSSR count). The Labute approximate surface area is 123 Å². The van der Waals surface area contributed by atoms with Gasteiger partial charge in [0.2, 0.25) is 0 Å². The van der Waals surface area contributed by atoms with Crippen molar-refractivity contribution in [2.75, 3.05) is 19.8 Å². The van der Waals surface area contributed by atoms with Gasteiger partial charge in [0.15, 0.2) is 0 Å². The van der Waals surface area contributed by atoms with Gasteiger partial charge < -0.3 is 10.1 Å². The van der Waals surface area contributed by atoms with Gasteiger partial charge in [0.05, 0.1) is 0 Å². The molecular weight excluding hydrogens is 306 g/mol. The van der Waals surface area contributed by atoms with E-state index in [4.69, 9.17) is 4.74 Å². The van der Waals surface area contributed by atoms with Gasteiger partial charge in [0, 0.05) is 29.8 Å². The fraction of sp³-hybridized carbons (Fsp3) is 0.533. The van der Waals surface area contributed by atoms with Crippen LogP contribution < -0.4 is 5.32 Å². The molecule has 0 unspecified atom stereocenters. The highest BCUT2D eigenvalue weighted by molar-refractivity contribution is 9.10. The van der Waals surface area contributed by atoms with E-state index >= 15 is 0 Å². The lowest BCUT2D eigenvalue weighted by Crippen LogP contribution is -2.25. The number of hydrogen-bond acceptors (Lipinski definition) is 2. The first-order chi connectivity index (χ1) is 9.00.